The molecule has 0 radical (unpaired) electrons. The van der Waals surface area contributed by atoms with Gasteiger partial charge >= 0.3 is 0 Å². The molecule has 0 atom stereocenters. The number of aromatic nitrogens is 1. The van der Waals surface area contributed by atoms with Gasteiger partial charge in [-0.25, -0.2) is 0 Å². The number of carbonyl (C=O) groups excluding carboxylic acids is 1. The molecule has 1 saturated heterocycles. The molecule has 2 aliphatic heterocycles. The summed E-state index contributed by atoms with van der Waals surface area (Å²) in [6.07, 6.45) is 3.85. The highest BCUT2D eigenvalue weighted by Crippen LogP contribution is 2.43. The van der Waals surface area contributed by atoms with Gasteiger partial charge in [0.05, 0.1) is 11.3 Å². The van der Waals surface area contributed by atoms with E-state index in [1.54, 1.807) is 24.3 Å². The molecule has 6 rings (SSSR count). The Hall–Kier alpha value is -3.77. The quantitative estimate of drug-likeness (QED) is 0.336. The Bertz CT molecular complexity index is 1420. The van der Waals surface area contributed by atoms with Crippen LogP contribution in [-0.4, -0.2) is 51.7 Å². The number of nitrogens with zero attached hydrogens (tertiary/aromatic N) is 2. The molecule has 1 aromatic heterocycles. The number of benzene rings is 3. The summed E-state index contributed by atoms with van der Waals surface area (Å²) in [4.78, 5) is 16.2. The zero-order valence-corrected chi connectivity index (χ0v) is 19.5. The summed E-state index contributed by atoms with van der Waals surface area (Å²) in [6, 6.07) is 17.7. The number of aromatic hydroxyl groups is 2. The fourth-order valence-electron chi connectivity index (χ4n) is 5.45. The second-order valence-electron chi connectivity index (χ2n) is 9.46. The van der Waals surface area contributed by atoms with E-state index >= 15 is 0 Å². The Morgan fingerprint density at radius 1 is 0.886 bits per heavy atom. The minimum absolute atomic E-state index is 0.102. The first kappa shape index (κ1) is 21.7. The molecule has 3 aromatic carbocycles. The van der Waals surface area contributed by atoms with Crippen molar-refractivity contribution in [2.45, 2.75) is 25.8 Å². The zero-order valence-electron chi connectivity index (χ0n) is 19.5. The lowest BCUT2D eigenvalue weighted by Gasteiger charge is -2.26. The van der Waals surface area contributed by atoms with Crippen LogP contribution < -0.4 is 4.74 Å². The van der Waals surface area contributed by atoms with E-state index in [0.29, 0.717) is 24.3 Å². The summed E-state index contributed by atoms with van der Waals surface area (Å²) >= 11 is 0. The van der Waals surface area contributed by atoms with Gasteiger partial charge in [0.15, 0.2) is 5.78 Å². The van der Waals surface area contributed by atoms with Crippen LogP contribution in [0.4, 0.5) is 0 Å². The maximum Gasteiger partial charge on any atom is 0.195 e. The molecule has 0 aliphatic carbocycles. The van der Waals surface area contributed by atoms with Crippen molar-refractivity contribution in [3.05, 3.63) is 77.4 Å². The number of ketones is 1. The SMILES string of the molecule is O=C(c1ccc(OCCN2CCCCC2)cc1)c1c2n(c3ccc(O)cc13)Cc1cc(O)ccc1-2. The molecule has 2 N–H and O–H groups in total. The van der Waals surface area contributed by atoms with E-state index < -0.39 is 0 Å². The average Bonchev–Trinajstić information content (AvgIpc) is 3.38. The molecule has 1 fully saturated rings. The van der Waals surface area contributed by atoms with Gasteiger partial charge in [0.25, 0.3) is 0 Å². The summed E-state index contributed by atoms with van der Waals surface area (Å²) < 4.78 is 8.03. The molecule has 0 spiro atoms. The third-order valence-electron chi connectivity index (χ3n) is 7.19. The van der Waals surface area contributed by atoms with Gasteiger partial charge in [0, 0.05) is 35.1 Å². The topological polar surface area (TPSA) is 74.9 Å². The smallest absolute Gasteiger partial charge is 0.195 e. The van der Waals surface area contributed by atoms with Gasteiger partial charge in [-0.15, -0.1) is 0 Å². The second kappa shape index (κ2) is 8.78. The number of phenols is 2. The predicted octanol–water partition coefficient (Wildman–Crippen LogP) is 5.18. The van der Waals surface area contributed by atoms with Gasteiger partial charge in [-0.2, -0.15) is 0 Å². The van der Waals surface area contributed by atoms with E-state index in [1.165, 1.54) is 19.3 Å². The maximum atomic E-state index is 13.8. The number of phenolic OH excluding ortho intramolecular Hbond substituents is 2. The first-order valence-corrected chi connectivity index (χ1v) is 12.3. The molecular weight excluding hydrogens is 440 g/mol. The van der Waals surface area contributed by atoms with Crippen LogP contribution in [0.2, 0.25) is 0 Å². The lowest BCUT2D eigenvalue weighted by atomic mass is 9.96. The first-order chi connectivity index (χ1) is 17.1. The lowest BCUT2D eigenvalue weighted by Crippen LogP contribution is -2.33. The van der Waals surface area contributed by atoms with Crippen molar-refractivity contribution < 1.29 is 19.7 Å². The van der Waals surface area contributed by atoms with Crippen molar-refractivity contribution >= 4 is 16.7 Å². The fourth-order valence-corrected chi connectivity index (χ4v) is 5.45. The highest BCUT2D eigenvalue weighted by Gasteiger charge is 2.30. The first-order valence-electron chi connectivity index (χ1n) is 12.3. The molecule has 0 bridgehead atoms. The van der Waals surface area contributed by atoms with Crippen molar-refractivity contribution in [2.24, 2.45) is 0 Å². The van der Waals surface area contributed by atoms with Crippen LogP contribution in [0, 0.1) is 0 Å². The maximum absolute atomic E-state index is 13.8. The lowest BCUT2D eigenvalue weighted by molar-refractivity contribution is 0.104. The zero-order chi connectivity index (χ0) is 23.9. The van der Waals surface area contributed by atoms with Crippen LogP contribution in [-0.2, 0) is 6.54 Å². The van der Waals surface area contributed by atoms with Crippen LogP contribution in [0.25, 0.3) is 22.2 Å². The number of ether oxygens (including phenoxy) is 1. The standard InChI is InChI=1S/C29H28N2O4/c32-21-6-10-24-20(16-21)18-31-26-11-7-22(33)17-25(26)27(28(24)31)29(34)19-4-8-23(9-5-19)35-15-14-30-12-2-1-3-13-30/h4-11,16-17,32-33H,1-3,12-15,18H2. The van der Waals surface area contributed by atoms with Gasteiger partial charge < -0.3 is 19.5 Å². The molecule has 6 nitrogen and oxygen atoms in total. The van der Waals surface area contributed by atoms with Crippen LogP contribution in [0.15, 0.2) is 60.7 Å². The van der Waals surface area contributed by atoms with E-state index in [4.69, 9.17) is 4.74 Å². The Labute approximate surface area is 204 Å². The van der Waals surface area contributed by atoms with Gasteiger partial charge in [-0.3, -0.25) is 9.69 Å². The van der Waals surface area contributed by atoms with Crippen LogP contribution in [0.1, 0.15) is 40.7 Å². The van der Waals surface area contributed by atoms with Gasteiger partial charge in [0.2, 0.25) is 0 Å². The number of likely N-dealkylation sites (tertiary alicyclic amines) is 1. The summed E-state index contributed by atoms with van der Waals surface area (Å²) in [6.45, 7) is 4.41. The molecule has 178 valence electrons. The summed E-state index contributed by atoms with van der Waals surface area (Å²) in [7, 11) is 0. The summed E-state index contributed by atoms with van der Waals surface area (Å²) in [5.41, 5.74) is 4.75. The van der Waals surface area contributed by atoms with Crippen molar-refractivity contribution in [2.75, 3.05) is 26.2 Å². The Kier molecular flexibility index (Phi) is 5.46. The Morgan fingerprint density at radius 3 is 2.43 bits per heavy atom. The predicted molar refractivity (Wildman–Crippen MR) is 135 cm³/mol. The molecule has 0 unspecified atom stereocenters. The van der Waals surface area contributed by atoms with Crippen molar-refractivity contribution in [3.8, 4) is 28.5 Å². The molecule has 4 aromatic rings. The van der Waals surface area contributed by atoms with Crippen LogP contribution >= 0.6 is 0 Å². The third kappa shape index (κ3) is 3.94. The highest BCUT2D eigenvalue weighted by atomic mass is 16.5. The number of fused-ring (bicyclic) bond motifs is 5. The van der Waals surface area contributed by atoms with Crippen molar-refractivity contribution in [3.63, 3.8) is 0 Å². The molecule has 0 saturated carbocycles. The number of carbonyl (C=O) groups is 1. The van der Waals surface area contributed by atoms with E-state index in [0.717, 1.165) is 53.1 Å². The normalized spacial score (nSPS) is 15.2. The second-order valence-corrected chi connectivity index (χ2v) is 9.46. The number of hydrogen-bond acceptors (Lipinski definition) is 5. The summed E-state index contributed by atoms with van der Waals surface area (Å²) in [5.74, 6) is 0.985. The van der Waals surface area contributed by atoms with Crippen LogP contribution in [0.3, 0.4) is 0 Å². The van der Waals surface area contributed by atoms with E-state index in [2.05, 4.69) is 9.47 Å². The van der Waals surface area contributed by atoms with E-state index in [1.807, 2.05) is 36.4 Å². The van der Waals surface area contributed by atoms with E-state index in [-0.39, 0.29) is 17.3 Å². The van der Waals surface area contributed by atoms with Gasteiger partial charge in [-0.1, -0.05) is 6.42 Å². The van der Waals surface area contributed by atoms with Crippen molar-refractivity contribution in [1.82, 2.24) is 9.47 Å². The highest BCUT2D eigenvalue weighted by molar-refractivity contribution is 6.21. The molecular formula is C29H28N2O4. The van der Waals surface area contributed by atoms with Gasteiger partial charge in [-0.05, 0) is 92.2 Å². The fraction of sp³-hybridized carbons (Fsp3) is 0.276. The minimum atomic E-state index is -0.102. The van der Waals surface area contributed by atoms with Crippen LogP contribution in [0.5, 0.6) is 17.2 Å². The largest absolute Gasteiger partial charge is 0.508 e. The number of hydrogen-bond donors (Lipinski definition) is 2. The van der Waals surface area contributed by atoms with E-state index in [9.17, 15) is 15.0 Å². The van der Waals surface area contributed by atoms with Gasteiger partial charge in [0.1, 0.15) is 23.9 Å². The Balaban J connectivity index is 1.30. The Morgan fingerprint density at radius 2 is 1.63 bits per heavy atom. The molecule has 0 amide bonds. The number of rotatable bonds is 6. The monoisotopic (exact) mass is 468 g/mol. The average molecular weight is 469 g/mol. The third-order valence-corrected chi connectivity index (χ3v) is 7.19. The summed E-state index contributed by atoms with van der Waals surface area (Å²) in [5, 5.41) is 20.9. The minimum Gasteiger partial charge on any atom is -0.508 e. The molecule has 35 heavy (non-hydrogen) atoms. The molecule has 2 aliphatic rings. The van der Waals surface area contributed by atoms with Crippen molar-refractivity contribution in [1.29, 1.82) is 0 Å². The molecule has 3 heterocycles. The number of piperidine rings is 1. The molecule has 6 heteroatoms.